The molecule has 0 radical (unpaired) electrons. The lowest BCUT2D eigenvalue weighted by Gasteiger charge is -2.29. The van der Waals surface area contributed by atoms with E-state index in [2.05, 4.69) is 5.32 Å². The maximum atomic E-state index is 13.9. The molecule has 1 saturated heterocycles. The Labute approximate surface area is 140 Å². The topological polar surface area (TPSA) is 52.7 Å². The maximum absolute atomic E-state index is 13.9. The van der Waals surface area contributed by atoms with Crippen molar-refractivity contribution in [3.63, 3.8) is 0 Å². The Bertz CT molecular complexity index is 593. The van der Waals surface area contributed by atoms with Crippen LogP contribution in [0.25, 0.3) is 0 Å². The van der Waals surface area contributed by atoms with Crippen LogP contribution in [0, 0.1) is 5.82 Å². The number of carbonyl (C=O) groups is 2. The maximum Gasteiger partial charge on any atom is 0.322 e. The van der Waals surface area contributed by atoms with E-state index < -0.39 is 17.9 Å². The number of likely N-dealkylation sites (tertiary alicyclic amines) is 1. The fourth-order valence-corrected chi connectivity index (χ4v) is 2.97. The van der Waals surface area contributed by atoms with Crippen molar-refractivity contribution in [3.8, 4) is 0 Å². The molecule has 3 amide bonds. The van der Waals surface area contributed by atoms with Crippen LogP contribution < -0.4 is 5.32 Å². The zero-order chi connectivity index (χ0) is 17.0. The van der Waals surface area contributed by atoms with Crippen molar-refractivity contribution in [1.29, 1.82) is 0 Å². The zero-order valence-electron chi connectivity index (χ0n) is 13.3. The first-order valence-electron chi connectivity index (χ1n) is 7.80. The molecule has 1 unspecified atom stereocenters. The number of anilines is 1. The summed E-state index contributed by atoms with van der Waals surface area (Å²) in [7, 11) is 0. The van der Waals surface area contributed by atoms with Crippen LogP contribution in [0.1, 0.15) is 26.7 Å². The number of hydrogen-bond donors (Lipinski definition) is 1. The van der Waals surface area contributed by atoms with E-state index in [4.69, 9.17) is 11.6 Å². The van der Waals surface area contributed by atoms with Gasteiger partial charge in [-0.15, -0.1) is 0 Å². The average molecular weight is 342 g/mol. The fraction of sp³-hybridized carbons (Fsp3) is 0.500. The normalized spacial score (nSPS) is 17.2. The summed E-state index contributed by atoms with van der Waals surface area (Å²) in [6, 6.07) is 3.45. The number of urea groups is 1. The minimum absolute atomic E-state index is 0.0171. The van der Waals surface area contributed by atoms with Crippen LogP contribution in [0.4, 0.5) is 14.9 Å². The summed E-state index contributed by atoms with van der Waals surface area (Å²) < 4.78 is 13.9. The van der Waals surface area contributed by atoms with Crippen molar-refractivity contribution in [2.24, 2.45) is 0 Å². The van der Waals surface area contributed by atoms with Gasteiger partial charge in [0.2, 0.25) is 5.91 Å². The number of carbonyl (C=O) groups excluding carboxylic acids is 2. The van der Waals surface area contributed by atoms with Crippen molar-refractivity contribution in [2.75, 3.05) is 25.0 Å². The van der Waals surface area contributed by atoms with Gasteiger partial charge in [-0.05, 0) is 38.8 Å². The summed E-state index contributed by atoms with van der Waals surface area (Å²) in [5.74, 6) is -0.734. The molecule has 0 aromatic heterocycles. The molecule has 7 heteroatoms. The molecule has 1 fully saturated rings. The predicted octanol–water partition coefficient (Wildman–Crippen LogP) is 3.34. The Kier molecular flexibility index (Phi) is 5.82. The van der Waals surface area contributed by atoms with E-state index in [0.29, 0.717) is 26.1 Å². The predicted molar refractivity (Wildman–Crippen MR) is 88.1 cm³/mol. The Hall–Kier alpha value is -1.82. The van der Waals surface area contributed by atoms with Gasteiger partial charge in [-0.25, -0.2) is 9.18 Å². The van der Waals surface area contributed by atoms with Gasteiger partial charge in [0.1, 0.15) is 6.04 Å². The molecule has 0 bridgehead atoms. The van der Waals surface area contributed by atoms with Crippen LogP contribution in [0.5, 0.6) is 0 Å². The van der Waals surface area contributed by atoms with Crippen molar-refractivity contribution in [1.82, 2.24) is 9.80 Å². The van der Waals surface area contributed by atoms with Crippen LogP contribution in [0.15, 0.2) is 18.2 Å². The molecule has 1 aromatic carbocycles. The van der Waals surface area contributed by atoms with E-state index >= 15 is 0 Å². The number of rotatable bonds is 4. The highest BCUT2D eigenvalue weighted by molar-refractivity contribution is 6.31. The second-order valence-electron chi connectivity index (χ2n) is 5.39. The third kappa shape index (κ3) is 3.75. The van der Waals surface area contributed by atoms with E-state index in [1.165, 1.54) is 17.0 Å². The summed E-state index contributed by atoms with van der Waals surface area (Å²) in [5.41, 5.74) is 0.0171. The third-order valence-corrected chi connectivity index (χ3v) is 4.36. The molecule has 0 spiro atoms. The van der Waals surface area contributed by atoms with Gasteiger partial charge < -0.3 is 15.1 Å². The SMILES string of the molecule is CCN(CC)C(=O)C1CCCN1C(=O)Nc1cccc(Cl)c1F. The minimum atomic E-state index is -0.673. The molecule has 23 heavy (non-hydrogen) atoms. The van der Waals surface area contributed by atoms with E-state index in [-0.39, 0.29) is 16.6 Å². The molecule has 1 heterocycles. The Morgan fingerprint density at radius 3 is 2.74 bits per heavy atom. The van der Waals surface area contributed by atoms with E-state index in [9.17, 15) is 14.0 Å². The molecule has 1 atom stereocenters. The Morgan fingerprint density at radius 2 is 2.09 bits per heavy atom. The first-order chi connectivity index (χ1) is 11.0. The highest BCUT2D eigenvalue weighted by Crippen LogP contribution is 2.24. The van der Waals surface area contributed by atoms with Gasteiger partial charge in [-0.2, -0.15) is 0 Å². The van der Waals surface area contributed by atoms with Gasteiger partial charge in [0.05, 0.1) is 10.7 Å². The van der Waals surface area contributed by atoms with Crippen molar-refractivity contribution >= 4 is 29.2 Å². The molecule has 1 aliphatic rings. The lowest BCUT2D eigenvalue weighted by Crippen LogP contribution is -2.49. The number of halogens is 2. The number of likely N-dealkylation sites (N-methyl/N-ethyl adjacent to an activating group) is 1. The molecular formula is C16H21ClFN3O2. The van der Waals surface area contributed by atoms with E-state index in [0.717, 1.165) is 6.42 Å². The van der Waals surface area contributed by atoms with Crippen LogP contribution in [-0.2, 0) is 4.79 Å². The Morgan fingerprint density at radius 1 is 1.39 bits per heavy atom. The molecule has 1 N–H and O–H groups in total. The standard InChI is InChI=1S/C16H21ClFN3O2/c1-3-20(4-2)15(22)13-9-6-10-21(13)16(23)19-12-8-5-7-11(17)14(12)18/h5,7-8,13H,3-4,6,9-10H2,1-2H3,(H,19,23). The van der Waals surface area contributed by atoms with Gasteiger partial charge in [0.25, 0.3) is 0 Å². The highest BCUT2D eigenvalue weighted by atomic mass is 35.5. The minimum Gasteiger partial charge on any atom is -0.341 e. The smallest absolute Gasteiger partial charge is 0.322 e. The first kappa shape index (κ1) is 17.5. The average Bonchev–Trinajstić information content (AvgIpc) is 3.02. The quantitative estimate of drug-likeness (QED) is 0.913. The van der Waals surface area contributed by atoms with Crippen LogP contribution in [0.3, 0.4) is 0 Å². The lowest BCUT2D eigenvalue weighted by atomic mass is 10.2. The molecule has 1 aliphatic heterocycles. The number of amides is 3. The van der Waals surface area contributed by atoms with Crippen LogP contribution in [-0.4, -0.2) is 47.4 Å². The van der Waals surface area contributed by atoms with Gasteiger partial charge in [-0.3, -0.25) is 4.79 Å². The molecule has 0 saturated carbocycles. The molecule has 5 nitrogen and oxygen atoms in total. The highest BCUT2D eigenvalue weighted by Gasteiger charge is 2.36. The number of hydrogen-bond acceptors (Lipinski definition) is 2. The molecular weight excluding hydrogens is 321 g/mol. The zero-order valence-corrected chi connectivity index (χ0v) is 14.1. The summed E-state index contributed by atoms with van der Waals surface area (Å²) >= 11 is 5.71. The van der Waals surface area contributed by atoms with E-state index in [1.807, 2.05) is 13.8 Å². The largest absolute Gasteiger partial charge is 0.341 e. The van der Waals surface area contributed by atoms with Crippen molar-refractivity contribution in [3.05, 3.63) is 29.0 Å². The number of nitrogens with zero attached hydrogens (tertiary/aromatic N) is 2. The number of benzene rings is 1. The van der Waals surface area contributed by atoms with E-state index in [1.54, 1.807) is 11.0 Å². The molecule has 126 valence electrons. The Balaban J connectivity index is 2.11. The lowest BCUT2D eigenvalue weighted by molar-refractivity contribution is -0.134. The van der Waals surface area contributed by atoms with Gasteiger partial charge in [0, 0.05) is 19.6 Å². The third-order valence-electron chi connectivity index (χ3n) is 4.07. The molecule has 0 aliphatic carbocycles. The second-order valence-corrected chi connectivity index (χ2v) is 5.80. The van der Waals surface area contributed by atoms with Crippen molar-refractivity contribution < 1.29 is 14.0 Å². The second kappa shape index (κ2) is 7.64. The monoisotopic (exact) mass is 341 g/mol. The fourth-order valence-electron chi connectivity index (χ4n) is 2.80. The summed E-state index contributed by atoms with van der Waals surface area (Å²) in [6.07, 6.45) is 1.38. The van der Waals surface area contributed by atoms with Crippen LogP contribution in [0.2, 0.25) is 5.02 Å². The summed E-state index contributed by atoms with van der Waals surface area (Å²) in [6.45, 7) is 5.49. The number of nitrogens with one attached hydrogen (secondary N) is 1. The molecule has 2 rings (SSSR count). The van der Waals surface area contributed by atoms with Gasteiger partial charge in [0.15, 0.2) is 5.82 Å². The van der Waals surface area contributed by atoms with Crippen LogP contribution >= 0.6 is 11.6 Å². The van der Waals surface area contributed by atoms with Gasteiger partial charge >= 0.3 is 6.03 Å². The first-order valence-corrected chi connectivity index (χ1v) is 8.17. The summed E-state index contributed by atoms with van der Waals surface area (Å²) in [4.78, 5) is 28.1. The van der Waals surface area contributed by atoms with Gasteiger partial charge in [-0.1, -0.05) is 17.7 Å². The summed E-state index contributed by atoms with van der Waals surface area (Å²) in [5, 5.41) is 2.45. The molecule has 1 aromatic rings. The van der Waals surface area contributed by atoms with Crippen molar-refractivity contribution in [2.45, 2.75) is 32.7 Å².